The molecule has 29 heavy (non-hydrogen) atoms. The van der Waals surface area contributed by atoms with Crippen LogP contribution in [0.4, 0.5) is 5.69 Å². The molecule has 2 aliphatic rings. The number of anilines is 1. The number of aromatic nitrogens is 2. The number of carboxylic acid groups (broad SMARTS) is 1. The molecule has 4 rings (SSSR count). The number of nitrogens with zero attached hydrogens (tertiary/aromatic N) is 3. The average molecular weight is 421 g/mol. The summed E-state index contributed by atoms with van der Waals surface area (Å²) in [5.74, 6) is -1.39. The fourth-order valence-corrected chi connectivity index (χ4v) is 4.32. The molecule has 2 saturated heterocycles. The Morgan fingerprint density at radius 3 is 2.62 bits per heavy atom. The van der Waals surface area contributed by atoms with Gasteiger partial charge >= 0.3 is 5.97 Å². The van der Waals surface area contributed by atoms with Crippen molar-refractivity contribution >= 4 is 46.8 Å². The predicted molar refractivity (Wildman–Crippen MR) is 110 cm³/mol. The maximum atomic E-state index is 12.2. The van der Waals surface area contributed by atoms with Crippen molar-refractivity contribution in [2.45, 2.75) is 38.0 Å². The molecule has 1 aromatic heterocycles. The van der Waals surface area contributed by atoms with Gasteiger partial charge in [-0.2, -0.15) is 5.10 Å². The van der Waals surface area contributed by atoms with Crippen molar-refractivity contribution in [3.63, 3.8) is 0 Å². The first-order valence-electron chi connectivity index (χ1n) is 9.69. The number of hydrogen-bond donors (Lipinski definition) is 2. The molecule has 8 nitrogen and oxygen atoms in total. The molecule has 156 valence electrons. The van der Waals surface area contributed by atoms with Crippen LogP contribution in [-0.4, -0.2) is 45.8 Å². The van der Waals surface area contributed by atoms with Crippen LogP contribution in [0.2, 0.25) is 0 Å². The first-order chi connectivity index (χ1) is 13.4. The van der Waals surface area contributed by atoms with Gasteiger partial charge in [0.15, 0.2) is 0 Å². The molecule has 2 amide bonds. The van der Waals surface area contributed by atoms with E-state index in [1.54, 1.807) is 4.68 Å². The Morgan fingerprint density at radius 1 is 1.24 bits per heavy atom. The van der Waals surface area contributed by atoms with E-state index in [0.29, 0.717) is 18.5 Å². The third-order valence-corrected chi connectivity index (χ3v) is 5.88. The summed E-state index contributed by atoms with van der Waals surface area (Å²) in [5, 5.41) is 16.9. The number of piperidine rings is 2. The number of nitrogens with one attached hydrogen (secondary N) is 1. The topological polar surface area (TPSA) is 105 Å². The SMILES string of the molecule is Cl.Cn1nc(C2CCC(=O)NC2=O)c2ccc(N3CCC(CC(=O)O)CC3)cc21. The van der Waals surface area contributed by atoms with E-state index >= 15 is 0 Å². The zero-order valence-corrected chi connectivity index (χ0v) is 17.1. The highest BCUT2D eigenvalue weighted by molar-refractivity contribution is 6.02. The molecule has 2 fully saturated rings. The molecule has 0 saturated carbocycles. The lowest BCUT2D eigenvalue weighted by atomic mass is 9.92. The Labute approximate surface area is 174 Å². The van der Waals surface area contributed by atoms with E-state index in [1.165, 1.54) is 0 Å². The van der Waals surface area contributed by atoms with Crippen LogP contribution in [0.1, 0.15) is 43.7 Å². The van der Waals surface area contributed by atoms with Gasteiger partial charge in [-0.3, -0.25) is 24.4 Å². The summed E-state index contributed by atoms with van der Waals surface area (Å²) in [6, 6.07) is 6.12. The number of fused-ring (bicyclic) bond motifs is 1. The van der Waals surface area contributed by atoms with Crippen LogP contribution in [0.15, 0.2) is 18.2 Å². The average Bonchev–Trinajstić information content (AvgIpc) is 2.98. The second-order valence-corrected chi connectivity index (χ2v) is 7.74. The van der Waals surface area contributed by atoms with Gasteiger partial charge in [-0.25, -0.2) is 0 Å². The van der Waals surface area contributed by atoms with E-state index in [4.69, 9.17) is 5.11 Å². The number of aliphatic carboxylic acids is 1. The number of carboxylic acids is 1. The summed E-state index contributed by atoms with van der Waals surface area (Å²) >= 11 is 0. The number of carbonyl (C=O) groups excluding carboxylic acids is 2. The highest BCUT2D eigenvalue weighted by atomic mass is 35.5. The number of rotatable bonds is 4. The zero-order chi connectivity index (χ0) is 19.8. The van der Waals surface area contributed by atoms with Crippen molar-refractivity contribution in [3.8, 4) is 0 Å². The van der Waals surface area contributed by atoms with E-state index < -0.39 is 11.9 Å². The molecule has 2 N–H and O–H groups in total. The van der Waals surface area contributed by atoms with Crippen molar-refractivity contribution in [2.75, 3.05) is 18.0 Å². The third kappa shape index (κ3) is 4.22. The van der Waals surface area contributed by atoms with Gasteiger partial charge < -0.3 is 10.0 Å². The molecule has 2 aliphatic heterocycles. The highest BCUT2D eigenvalue weighted by Crippen LogP contribution is 2.33. The quantitative estimate of drug-likeness (QED) is 0.735. The van der Waals surface area contributed by atoms with Crippen molar-refractivity contribution in [2.24, 2.45) is 13.0 Å². The standard InChI is InChI=1S/C20H24N4O4.ClH/c1-23-16-11-13(24-8-6-12(7-9-24)10-18(26)27)2-3-14(16)19(22-23)15-4-5-17(25)21-20(15)28;/h2-3,11-12,15H,4-10H2,1H3,(H,26,27)(H,21,25,28);1H. The molecule has 1 aromatic carbocycles. The maximum absolute atomic E-state index is 12.2. The lowest BCUT2D eigenvalue weighted by Crippen LogP contribution is -2.39. The molecular formula is C20H25ClN4O4. The highest BCUT2D eigenvalue weighted by Gasteiger charge is 2.31. The zero-order valence-electron chi connectivity index (χ0n) is 16.3. The minimum absolute atomic E-state index is 0. The van der Waals surface area contributed by atoms with Crippen LogP contribution >= 0.6 is 12.4 Å². The summed E-state index contributed by atoms with van der Waals surface area (Å²) in [6.07, 6.45) is 2.80. The number of aryl methyl sites for hydroxylation is 1. The Hall–Kier alpha value is -2.61. The van der Waals surface area contributed by atoms with Crippen LogP contribution in [0.5, 0.6) is 0 Å². The van der Waals surface area contributed by atoms with Gasteiger partial charge in [-0.05, 0) is 43.4 Å². The van der Waals surface area contributed by atoms with Crippen molar-refractivity contribution < 1.29 is 19.5 Å². The largest absolute Gasteiger partial charge is 0.481 e. The minimum Gasteiger partial charge on any atom is -0.481 e. The third-order valence-electron chi connectivity index (χ3n) is 5.88. The van der Waals surface area contributed by atoms with Crippen LogP contribution in [0, 0.1) is 5.92 Å². The molecular weight excluding hydrogens is 396 g/mol. The summed E-state index contributed by atoms with van der Waals surface area (Å²) in [5.41, 5.74) is 2.75. The first-order valence-corrected chi connectivity index (χ1v) is 9.69. The van der Waals surface area contributed by atoms with E-state index in [-0.39, 0.29) is 36.6 Å². The minimum atomic E-state index is -0.726. The van der Waals surface area contributed by atoms with Gasteiger partial charge in [0.25, 0.3) is 0 Å². The number of hydrogen-bond acceptors (Lipinski definition) is 5. The smallest absolute Gasteiger partial charge is 0.303 e. The Morgan fingerprint density at radius 2 is 1.97 bits per heavy atom. The normalized spacial score (nSPS) is 20.4. The van der Waals surface area contributed by atoms with Gasteiger partial charge in [0.05, 0.1) is 17.1 Å². The van der Waals surface area contributed by atoms with Gasteiger partial charge in [0.2, 0.25) is 11.8 Å². The van der Waals surface area contributed by atoms with Crippen molar-refractivity contribution in [1.29, 1.82) is 0 Å². The van der Waals surface area contributed by atoms with E-state index in [9.17, 15) is 14.4 Å². The van der Waals surface area contributed by atoms with Crippen LogP contribution in [0.25, 0.3) is 10.9 Å². The van der Waals surface area contributed by atoms with Crippen molar-refractivity contribution in [1.82, 2.24) is 15.1 Å². The van der Waals surface area contributed by atoms with Crippen LogP contribution in [0.3, 0.4) is 0 Å². The summed E-state index contributed by atoms with van der Waals surface area (Å²) in [4.78, 5) is 36.9. The fraction of sp³-hybridized carbons (Fsp3) is 0.500. The van der Waals surface area contributed by atoms with Gasteiger partial charge in [-0.15, -0.1) is 12.4 Å². The summed E-state index contributed by atoms with van der Waals surface area (Å²) in [6.45, 7) is 1.67. The number of amides is 2. The van der Waals surface area contributed by atoms with Gasteiger partial charge in [-0.1, -0.05) is 0 Å². The lowest BCUT2D eigenvalue weighted by Gasteiger charge is -2.33. The molecule has 0 bridgehead atoms. The Balaban J connectivity index is 0.00000240. The van der Waals surface area contributed by atoms with Gasteiger partial charge in [0, 0.05) is 44.1 Å². The van der Waals surface area contributed by atoms with E-state index in [1.807, 2.05) is 19.2 Å². The summed E-state index contributed by atoms with van der Waals surface area (Å²) in [7, 11) is 1.86. The molecule has 0 spiro atoms. The second kappa shape index (κ2) is 8.41. The molecule has 0 aliphatic carbocycles. The maximum Gasteiger partial charge on any atom is 0.303 e. The summed E-state index contributed by atoms with van der Waals surface area (Å²) < 4.78 is 1.79. The van der Waals surface area contributed by atoms with E-state index in [0.717, 1.165) is 42.5 Å². The first kappa shape index (κ1) is 21.1. The van der Waals surface area contributed by atoms with Crippen LogP contribution < -0.4 is 10.2 Å². The molecule has 9 heteroatoms. The number of carbonyl (C=O) groups is 3. The van der Waals surface area contributed by atoms with Crippen molar-refractivity contribution in [3.05, 3.63) is 23.9 Å². The number of imide groups is 1. The monoisotopic (exact) mass is 420 g/mol. The molecule has 0 radical (unpaired) electrons. The predicted octanol–water partition coefficient (Wildman–Crippen LogP) is 2.21. The van der Waals surface area contributed by atoms with Crippen LogP contribution in [-0.2, 0) is 21.4 Å². The fourth-order valence-electron chi connectivity index (χ4n) is 4.32. The van der Waals surface area contributed by atoms with E-state index in [2.05, 4.69) is 21.4 Å². The molecule has 1 unspecified atom stereocenters. The molecule has 1 atom stereocenters. The lowest BCUT2D eigenvalue weighted by molar-refractivity contribution is -0.138. The Kier molecular flexibility index (Phi) is 6.12. The Bertz CT molecular complexity index is 949. The molecule has 3 heterocycles. The second-order valence-electron chi connectivity index (χ2n) is 7.74. The van der Waals surface area contributed by atoms with Gasteiger partial charge in [0.1, 0.15) is 0 Å². The molecule has 2 aromatic rings. The number of benzene rings is 1. The number of halogens is 1.